The van der Waals surface area contributed by atoms with Crippen LogP contribution in [0.15, 0.2) is 79.0 Å². The van der Waals surface area contributed by atoms with Gasteiger partial charge in [0.2, 0.25) is 0 Å². The molecule has 4 aromatic rings. The van der Waals surface area contributed by atoms with Crippen molar-refractivity contribution in [2.75, 3.05) is 5.32 Å². The molecule has 0 aliphatic heterocycles. The summed E-state index contributed by atoms with van der Waals surface area (Å²) in [7, 11) is 0. The lowest BCUT2D eigenvalue weighted by molar-refractivity contribution is -0.139. The fraction of sp³-hybridized carbons (Fsp3) is 0.258. The second-order valence-corrected chi connectivity index (χ2v) is 9.68. The number of benzene rings is 2. The van der Waals surface area contributed by atoms with Crippen molar-refractivity contribution >= 4 is 23.6 Å². The Morgan fingerprint density at radius 2 is 1.82 bits per heavy atom. The molecule has 0 spiro atoms. The monoisotopic (exact) mass is 544 g/mol. The highest BCUT2D eigenvalue weighted by atomic mass is 19.1. The first kappa shape index (κ1) is 28.7. The third kappa shape index (κ3) is 7.19. The van der Waals surface area contributed by atoms with E-state index in [1.807, 2.05) is 42.5 Å². The number of para-hydroxylation sites is 1. The van der Waals surface area contributed by atoms with E-state index in [0.717, 1.165) is 34.6 Å². The molecule has 0 saturated heterocycles. The maximum atomic E-state index is 13.9. The second kappa shape index (κ2) is 13.1. The first-order valence-electron chi connectivity index (χ1n) is 13.2. The van der Waals surface area contributed by atoms with Crippen LogP contribution in [0.1, 0.15) is 50.3 Å². The zero-order valence-electron chi connectivity index (χ0n) is 22.4. The fourth-order valence-electron chi connectivity index (χ4n) is 4.38. The third-order valence-electron chi connectivity index (χ3n) is 6.59. The van der Waals surface area contributed by atoms with Crippen LogP contribution in [0.3, 0.4) is 0 Å². The number of nitrogens with one attached hydrogen (secondary N) is 1. The number of carboxylic acid groups (broad SMARTS) is 1. The Hall–Kier alpha value is -4.34. The van der Waals surface area contributed by atoms with E-state index in [1.165, 1.54) is 18.2 Å². The number of rotatable bonds is 12. The number of anilines is 2. The highest BCUT2D eigenvalue weighted by Crippen LogP contribution is 2.35. The van der Waals surface area contributed by atoms with Gasteiger partial charge in [-0.25, -0.2) is 14.1 Å². The molecule has 0 fully saturated rings. The molecule has 0 bridgehead atoms. The van der Waals surface area contributed by atoms with Crippen molar-refractivity contribution < 1.29 is 24.5 Å². The molecule has 40 heavy (non-hydrogen) atoms. The van der Waals surface area contributed by atoms with Gasteiger partial charge in [-0.15, -0.1) is 0 Å². The largest absolute Gasteiger partial charge is 0.481 e. The molecule has 0 aliphatic carbocycles. The summed E-state index contributed by atoms with van der Waals surface area (Å²) in [4.78, 5) is 15.4. The first-order chi connectivity index (χ1) is 19.2. The van der Waals surface area contributed by atoms with E-state index in [9.17, 15) is 19.4 Å². The van der Waals surface area contributed by atoms with Crippen molar-refractivity contribution in [1.29, 1.82) is 0 Å². The van der Waals surface area contributed by atoms with Crippen LogP contribution in [-0.4, -0.2) is 48.3 Å². The molecule has 0 radical (unpaired) electrons. The lowest BCUT2D eigenvalue weighted by Crippen LogP contribution is -2.19. The predicted octanol–water partition coefficient (Wildman–Crippen LogP) is 5.93. The number of aliphatic hydroxyl groups excluding tert-OH is 2. The zero-order valence-corrected chi connectivity index (χ0v) is 22.4. The molecule has 208 valence electrons. The maximum Gasteiger partial charge on any atom is 0.305 e. The number of hydrogen-bond donors (Lipinski definition) is 4. The van der Waals surface area contributed by atoms with E-state index in [0.29, 0.717) is 11.5 Å². The smallest absolute Gasteiger partial charge is 0.305 e. The summed E-state index contributed by atoms with van der Waals surface area (Å²) in [6.45, 7) is 4.11. The van der Waals surface area contributed by atoms with Crippen LogP contribution < -0.4 is 5.32 Å². The molecular formula is C31H33FN4O4. The summed E-state index contributed by atoms with van der Waals surface area (Å²) in [6, 6.07) is 19.5. The highest BCUT2D eigenvalue weighted by Gasteiger charge is 2.23. The van der Waals surface area contributed by atoms with E-state index in [4.69, 9.17) is 10.2 Å². The topological polar surface area (TPSA) is 121 Å². The van der Waals surface area contributed by atoms with Gasteiger partial charge in [0.05, 0.1) is 35.7 Å². The number of aromatic nitrogens is 3. The molecular weight excluding hydrogens is 511 g/mol. The number of carboxylic acids is 1. The van der Waals surface area contributed by atoms with Gasteiger partial charge in [0.15, 0.2) is 0 Å². The standard InChI is InChI=1S/C31H33FN4O4/c1-3-20(2)30-27(14-13-25(37)18-26(38)19-29(39)40)31(21-9-11-22(32)12-10-21)36(35-30)24-15-16-33-28(17-24)34-23-7-5-4-6-8-23/h4-17,20,25-26,37-38H,3,18-19H2,1-2H3,(H,33,34)(H,39,40)/b14-13+/t20-,25+,26-/m1/s1. The third-order valence-corrected chi connectivity index (χ3v) is 6.59. The van der Waals surface area contributed by atoms with Gasteiger partial charge in [0, 0.05) is 41.4 Å². The first-order valence-corrected chi connectivity index (χ1v) is 13.2. The van der Waals surface area contributed by atoms with Crippen molar-refractivity contribution in [2.24, 2.45) is 0 Å². The summed E-state index contributed by atoms with van der Waals surface area (Å²) in [5.41, 5.74) is 4.55. The molecule has 4 N–H and O–H groups in total. The van der Waals surface area contributed by atoms with Gasteiger partial charge in [0.1, 0.15) is 11.6 Å². The van der Waals surface area contributed by atoms with Crippen LogP contribution in [0.25, 0.3) is 23.0 Å². The average Bonchev–Trinajstić information content (AvgIpc) is 3.31. The Kier molecular flexibility index (Phi) is 9.42. The van der Waals surface area contributed by atoms with Gasteiger partial charge in [-0.3, -0.25) is 4.79 Å². The highest BCUT2D eigenvalue weighted by molar-refractivity contribution is 5.76. The van der Waals surface area contributed by atoms with Crippen LogP contribution in [0, 0.1) is 5.82 Å². The van der Waals surface area contributed by atoms with Gasteiger partial charge < -0.3 is 20.6 Å². The molecule has 9 heteroatoms. The Morgan fingerprint density at radius 1 is 1.10 bits per heavy atom. The SMILES string of the molecule is CC[C@@H](C)c1nn(-c2ccnc(Nc3ccccc3)c2)c(-c2ccc(F)cc2)c1/C=C/[C@H](O)C[C@@H](O)CC(=O)O. The van der Waals surface area contributed by atoms with E-state index in [-0.39, 0.29) is 18.2 Å². The lowest BCUT2D eigenvalue weighted by Gasteiger charge is -2.12. The van der Waals surface area contributed by atoms with Gasteiger partial charge in [0.25, 0.3) is 0 Å². The Balaban J connectivity index is 1.81. The summed E-state index contributed by atoms with van der Waals surface area (Å²) in [6.07, 6.45) is 2.92. The summed E-state index contributed by atoms with van der Waals surface area (Å²) in [5, 5.41) is 37.7. The molecule has 0 amide bonds. The van der Waals surface area contributed by atoms with Crippen molar-refractivity contribution in [1.82, 2.24) is 14.8 Å². The molecule has 0 saturated carbocycles. The van der Waals surface area contributed by atoms with Crippen molar-refractivity contribution in [3.05, 3.63) is 96.1 Å². The Morgan fingerprint density at radius 3 is 2.50 bits per heavy atom. The maximum absolute atomic E-state index is 13.9. The molecule has 2 aromatic carbocycles. The second-order valence-electron chi connectivity index (χ2n) is 9.68. The fourth-order valence-corrected chi connectivity index (χ4v) is 4.38. The molecule has 2 heterocycles. The summed E-state index contributed by atoms with van der Waals surface area (Å²) >= 11 is 0. The molecule has 4 rings (SSSR count). The van der Waals surface area contributed by atoms with E-state index >= 15 is 0 Å². The number of carbonyl (C=O) groups is 1. The van der Waals surface area contributed by atoms with Crippen LogP contribution >= 0.6 is 0 Å². The Labute approximate surface area is 232 Å². The quantitative estimate of drug-likeness (QED) is 0.174. The average molecular weight is 545 g/mol. The molecule has 0 unspecified atom stereocenters. The minimum atomic E-state index is -1.18. The van der Waals surface area contributed by atoms with Crippen molar-refractivity contribution in [3.8, 4) is 16.9 Å². The number of nitrogens with zero attached hydrogens (tertiary/aromatic N) is 3. The number of pyridine rings is 1. The van der Waals surface area contributed by atoms with Gasteiger partial charge in [-0.05, 0) is 48.9 Å². The van der Waals surface area contributed by atoms with Gasteiger partial charge in [-0.2, -0.15) is 5.10 Å². The summed E-state index contributed by atoms with van der Waals surface area (Å²) in [5.74, 6) is -0.830. The summed E-state index contributed by atoms with van der Waals surface area (Å²) < 4.78 is 15.7. The lowest BCUT2D eigenvalue weighted by atomic mass is 9.96. The van der Waals surface area contributed by atoms with Crippen LogP contribution in [0.4, 0.5) is 15.9 Å². The molecule has 2 aromatic heterocycles. The molecule has 0 aliphatic rings. The van der Waals surface area contributed by atoms with Crippen molar-refractivity contribution in [3.63, 3.8) is 0 Å². The Bertz CT molecular complexity index is 1450. The van der Waals surface area contributed by atoms with E-state index in [1.54, 1.807) is 29.1 Å². The number of hydrogen-bond acceptors (Lipinski definition) is 6. The minimum Gasteiger partial charge on any atom is -0.481 e. The zero-order chi connectivity index (χ0) is 28.6. The van der Waals surface area contributed by atoms with Crippen LogP contribution in [-0.2, 0) is 4.79 Å². The van der Waals surface area contributed by atoms with Crippen molar-refractivity contribution in [2.45, 2.75) is 51.2 Å². The van der Waals surface area contributed by atoms with Gasteiger partial charge >= 0.3 is 5.97 Å². The number of halogens is 1. The number of aliphatic hydroxyl groups is 2. The van der Waals surface area contributed by atoms with E-state index < -0.39 is 24.6 Å². The number of aliphatic carboxylic acids is 1. The van der Waals surface area contributed by atoms with Crippen LogP contribution in [0.5, 0.6) is 0 Å². The van der Waals surface area contributed by atoms with Crippen LogP contribution in [0.2, 0.25) is 0 Å². The predicted molar refractivity (Wildman–Crippen MR) is 153 cm³/mol. The minimum absolute atomic E-state index is 0.0543. The normalized spacial score (nSPS) is 13.7. The molecule has 3 atom stereocenters. The van der Waals surface area contributed by atoms with Gasteiger partial charge in [-0.1, -0.05) is 44.2 Å². The van der Waals surface area contributed by atoms with E-state index in [2.05, 4.69) is 24.1 Å². The molecule has 8 nitrogen and oxygen atoms in total.